The van der Waals surface area contributed by atoms with Gasteiger partial charge in [-0.1, -0.05) is 12.5 Å². The molecule has 0 aliphatic heterocycles. The minimum absolute atomic E-state index is 0.0218. The Morgan fingerprint density at radius 1 is 1.47 bits per heavy atom. The Kier molecular flexibility index (Phi) is 2.47. The maximum Gasteiger partial charge on any atom is 0.319 e. The van der Waals surface area contributed by atoms with Gasteiger partial charge in [0.15, 0.2) is 5.78 Å². The molecule has 1 atom stereocenters. The van der Waals surface area contributed by atoms with Crippen LogP contribution < -0.4 is 0 Å². The smallest absolute Gasteiger partial charge is 0.319 e. The predicted molar refractivity (Wildman–Crippen MR) is 55.1 cm³/mol. The summed E-state index contributed by atoms with van der Waals surface area (Å²) in [6.07, 6.45) is 8.43. The lowest BCUT2D eigenvalue weighted by molar-refractivity contribution is -0.148. The molecule has 0 aromatic rings. The van der Waals surface area contributed by atoms with Crippen LogP contribution in [0, 0.1) is 5.41 Å². The van der Waals surface area contributed by atoms with E-state index in [-0.39, 0.29) is 11.8 Å². The zero-order valence-electron chi connectivity index (χ0n) is 8.79. The second kappa shape index (κ2) is 3.65. The van der Waals surface area contributed by atoms with Crippen molar-refractivity contribution >= 4 is 11.8 Å². The molecule has 0 aromatic heterocycles. The van der Waals surface area contributed by atoms with Crippen LogP contribution in [0.25, 0.3) is 0 Å². The van der Waals surface area contributed by atoms with Crippen molar-refractivity contribution in [1.29, 1.82) is 0 Å². The van der Waals surface area contributed by atoms with Crippen LogP contribution >= 0.6 is 0 Å². The average Bonchev–Trinajstić information content (AvgIpc) is 2.28. The monoisotopic (exact) mass is 206 g/mol. The molecular formula is C12H14O3. The van der Waals surface area contributed by atoms with E-state index < -0.39 is 5.41 Å². The fourth-order valence-corrected chi connectivity index (χ4v) is 2.42. The van der Waals surface area contributed by atoms with Crippen molar-refractivity contribution in [2.24, 2.45) is 5.41 Å². The molecular weight excluding hydrogens is 192 g/mol. The molecule has 0 heterocycles. The lowest BCUT2D eigenvalue weighted by atomic mass is 9.68. The second-order valence-corrected chi connectivity index (χ2v) is 4.08. The van der Waals surface area contributed by atoms with Gasteiger partial charge in [-0.3, -0.25) is 9.59 Å². The summed E-state index contributed by atoms with van der Waals surface area (Å²) in [6.45, 7) is 0. The van der Waals surface area contributed by atoms with Crippen LogP contribution in [0.2, 0.25) is 0 Å². The molecule has 0 bridgehead atoms. The fourth-order valence-electron chi connectivity index (χ4n) is 2.42. The Morgan fingerprint density at radius 2 is 2.27 bits per heavy atom. The molecule has 0 N–H and O–H groups in total. The van der Waals surface area contributed by atoms with Crippen LogP contribution in [0.1, 0.15) is 25.7 Å². The van der Waals surface area contributed by atoms with E-state index in [0.29, 0.717) is 0 Å². The molecule has 0 amide bonds. The second-order valence-electron chi connectivity index (χ2n) is 4.08. The average molecular weight is 206 g/mol. The number of rotatable bonds is 1. The molecule has 1 saturated carbocycles. The van der Waals surface area contributed by atoms with Crippen molar-refractivity contribution < 1.29 is 14.3 Å². The number of methoxy groups -OCH3 is 1. The number of allylic oxidation sites excluding steroid dienone is 2. The first-order valence-electron chi connectivity index (χ1n) is 5.22. The van der Waals surface area contributed by atoms with Crippen LogP contribution in [-0.2, 0) is 14.3 Å². The van der Waals surface area contributed by atoms with Crippen molar-refractivity contribution in [3.63, 3.8) is 0 Å². The van der Waals surface area contributed by atoms with Crippen LogP contribution in [0.4, 0.5) is 0 Å². The minimum atomic E-state index is -0.638. The molecule has 15 heavy (non-hydrogen) atoms. The summed E-state index contributed by atoms with van der Waals surface area (Å²) in [7, 11) is 1.40. The molecule has 0 saturated heterocycles. The Hall–Kier alpha value is -1.38. The van der Waals surface area contributed by atoms with Crippen LogP contribution in [0.3, 0.4) is 0 Å². The number of hydrogen-bond acceptors (Lipinski definition) is 3. The molecule has 2 aliphatic rings. The number of carbonyl (C=O) groups excluding carboxylic acids is 2. The van der Waals surface area contributed by atoms with Gasteiger partial charge in [-0.05, 0) is 37.0 Å². The number of ketones is 1. The van der Waals surface area contributed by atoms with Gasteiger partial charge in [0.1, 0.15) is 5.41 Å². The van der Waals surface area contributed by atoms with Crippen molar-refractivity contribution in [2.45, 2.75) is 25.7 Å². The Bertz CT molecular complexity index is 365. The standard InChI is InChI=1S/C12H14O3/c1-15-11(14)12-6-3-2-4-9(12)8-10(13)5-7-12/h5,7-8H,2-4,6H2,1H3. The zero-order chi connectivity index (χ0) is 10.9. The lowest BCUT2D eigenvalue weighted by Gasteiger charge is -2.35. The zero-order valence-corrected chi connectivity index (χ0v) is 8.79. The number of ether oxygens (including phenoxy) is 1. The fraction of sp³-hybridized carbons (Fsp3) is 0.500. The van der Waals surface area contributed by atoms with E-state index in [0.717, 1.165) is 31.3 Å². The first-order chi connectivity index (χ1) is 7.19. The third kappa shape index (κ3) is 1.52. The van der Waals surface area contributed by atoms with E-state index in [1.807, 2.05) is 0 Å². The first-order valence-corrected chi connectivity index (χ1v) is 5.22. The van der Waals surface area contributed by atoms with E-state index in [1.54, 1.807) is 12.2 Å². The summed E-state index contributed by atoms with van der Waals surface area (Å²) >= 11 is 0. The highest BCUT2D eigenvalue weighted by atomic mass is 16.5. The Morgan fingerprint density at radius 3 is 3.00 bits per heavy atom. The van der Waals surface area contributed by atoms with E-state index >= 15 is 0 Å². The summed E-state index contributed by atoms with van der Waals surface area (Å²) in [4.78, 5) is 23.1. The molecule has 0 radical (unpaired) electrons. The number of hydrogen-bond donors (Lipinski definition) is 0. The van der Waals surface area contributed by atoms with Gasteiger partial charge in [-0.25, -0.2) is 0 Å². The first kappa shape index (κ1) is 10.1. The highest BCUT2D eigenvalue weighted by Crippen LogP contribution is 2.44. The largest absolute Gasteiger partial charge is 0.468 e. The maximum absolute atomic E-state index is 11.8. The summed E-state index contributed by atoms with van der Waals surface area (Å²) in [5, 5.41) is 0. The van der Waals surface area contributed by atoms with Crippen molar-refractivity contribution in [2.75, 3.05) is 7.11 Å². The van der Waals surface area contributed by atoms with Gasteiger partial charge in [0.25, 0.3) is 0 Å². The molecule has 2 rings (SSSR count). The third-order valence-corrected chi connectivity index (χ3v) is 3.24. The normalized spacial score (nSPS) is 29.4. The van der Waals surface area contributed by atoms with Crippen LogP contribution in [0.5, 0.6) is 0 Å². The third-order valence-electron chi connectivity index (χ3n) is 3.24. The topological polar surface area (TPSA) is 43.4 Å². The quantitative estimate of drug-likeness (QED) is 0.614. The van der Waals surface area contributed by atoms with Gasteiger partial charge >= 0.3 is 5.97 Å². The highest BCUT2D eigenvalue weighted by molar-refractivity contribution is 6.03. The molecule has 3 heteroatoms. The van der Waals surface area contributed by atoms with Crippen molar-refractivity contribution in [1.82, 2.24) is 0 Å². The van der Waals surface area contributed by atoms with Gasteiger partial charge in [0.05, 0.1) is 7.11 Å². The summed E-state index contributed by atoms with van der Waals surface area (Å²) < 4.78 is 4.84. The Balaban J connectivity index is 2.41. The molecule has 80 valence electrons. The van der Waals surface area contributed by atoms with Crippen LogP contribution in [0.15, 0.2) is 23.8 Å². The molecule has 1 unspecified atom stereocenters. The van der Waals surface area contributed by atoms with Gasteiger partial charge in [0.2, 0.25) is 0 Å². The van der Waals surface area contributed by atoms with E-state index in [2.05, 4.69) is 0 Å². The van der Waals surface area contributed by atoms with E-state index in [1.165, 1.54) is 13.2 Å². The van der Waals surface area contributed by atoms with Crippen molar-refractivity contribution in [3.8, 4) is 0 Å². The highest BCUT2D eigenvalue weighted by Gasteiger charge is 2.43. The number of esters is 1. The molecule has 0 spiro atoms. The summed E-state index contributed by atoms with van der Waals surface area (Å²) in [6, 6.07) is 0. The van der Waals surface area contributed by atoms with Gasteiger partial charge in [-0.2, -0.15) is 0 Å². The Labute approximate surface area is 88.8 Å². The molecule has 3 nitrogen and oxygen atoms in total. The predicted octanol–water partition coefficient (Wildman–Crippen LogP) is 1.79. The van der Waals surface area contributed by atoms with Gasteiger partial charge < -0.3 is 4.74 Å². The van der Waals surface area contributed by atoms with Crippen LogP contribution in [-0.4, -0.2) is 18.9 Å². The number of carbonyl (C=O) groups is 2. The maximum atomic E-state index is 11.8. The lowest BCUT2D eigenvalue weighted by Crippen LogP contribution is -2.36. The van der Waals surface area contributed by atoms with Gasteiger partial charge in [-0.15, -0.1) is 0 Å². The molecule has 1 fully saturated rings. The van der Waals surface area contributed by atoms with E-state index in [4.69, 9.17) is 4.74 Å². The SMILES string of the molecule is COC(=O)C12C=CC(=O)C=C1CCCC2. The van der Waals surface area contributed by atoms with Crippen molar-refractivity contribution in [3.05, 3.63) is 23.8 Å². The minimum Gasteiger partial charge on any atom is -0.468 e. The molecule has 0 aromatic carbocycles. The number of fused-ring (bicyclic) bond motifs is 1. The molecule has 2 aliphatic carbocycles. The summed E-state index contributed by atoms with van der Waals surface area (Å²) in [5.41, 5.74) is 0.286. The summed E-state index contributed by atoms with van der Waals surface area (Å²) in [5.74, 6) is -0.261. The van der Waals surface area contributed by atoms with E-state index in [9.17, 15) is 9.59 Å². The van der Waals surface area contributed by atoms with Gasteiger partial charge in [0, 0.05) is 0 Å².